The van der Waals surface area contributed by atoms with Gasteiger partial charge in [0.1, 0.15) is 5.75 Å². The lowest BCUT2D eigenvalue weighted by Gasteiger charge is -2.15. The molecule has 0 heterocycles. The van der Waals surface area contributed by atoms with Gasteiger partial charge in [-0.25, -0.2) is 0 Å². The number of carboxylic acids is 1. The molecule has 0 saturated carbocycles. The highest BCUT2D eigenvalue weighted by molar-refractivity contribution is 5.84. The predicted octanol–water partition coefficient (Wildman–Crippen LogP) is 1.51. The van der Waals surface area contributed by atoms with Gasteiger partial charge in [-0.3, -0.25) is 25.2 Å². The maximum atomic E-state index is 11.7. The molecule has 23 heavy (non-hydrogen) atoms. The molecule has 0 aliphatic heterocycles. The van der Waals surface area contributed by atoms with Crippen molar-refractivity contribution in [2.45, 2.75) is 39.5 Å². The van der Waals surface area contributed by atoms with Gasteiger partial charge in [0.25, 0.3) is 5.91 Å². The normalized spacial score (nSPS) is 10.3. The van der Waals surface area contributed by atoms with E-state index in [2.05, 4.69) is 10.9 Å². The highest BCUT2D eigenvalue weighted by Crippen LogP contribution is 2.27. The number of carbonyl (C=O) groups is 3. The molecule has 7 heteroatoms. The van der Waals surface area contributed by atoms with E-state index in [-0.39, 0.29) is 25.4 Å². The molecule has 0 aliphatic rings. The first-order chi connectivity index (χ1) is 10.8. The van der Waals surface area contributed by atoms with Crippen LogP contribution in [0.1, 0.15) is 43.7 Å². The summed E-state index contributed by atoms with van der Waals surface area (Å²) < 4.78 is 5.51. The number of aliphatic carboxylic acids is 1. The van der Waals surface area contributed by atoms with Crippen molar-refractivity contribution in [3.8, 4) is 5.75 Å². The summed E-state index contributed by atoms with van der Waals surface area (Å²) in [4.78, 5) is 33.3. The summed E-state index contributed by atoms with van der Waals surface area (Å²) >= 11 is 0. The molecule has 0 saturated heterocycles. The predicted molar refractivity (Wildman–Crippen MR) is 83.9 cm³/mol. The number of carboxylic acid groups (broad SMARTS) is 1. The topological polar surface area (TPSA) is 105 Å². The minimum Gasteiger partial charge on any atom is -0.483 e. The Bertz CT molecular complexity index is 584. The summed E-state index contributed by atoms with van der Waals surface area (Å²) in [5, 5.41) is 8.46. The molecule has 1 aromatic carbocycles. The fourth-order valence-electron chi connectivity index (χ4n) is 1.85. The first-order valence-electron chi connectivity index (χ1n) is 7.32. The highest BCUT2D eigenvalue weighted by Gasteiger charge is 2.11. The molecule has 0 aliphatic carbocycles. The fraction of sp³-hybridized carbons (Fsp3) is 0.438. The maximum Gasteiger partial charge on any atom is 0.303 e. The SMILES string of the molecule is Cc1ccc(C(C)C)c(OCC(=O)NNC(=O)CCC(=O)O)c1. The van der Waals surface area contributed by atoms with Crippen LogP contribution in [0.3, 0.4) is 0 Å². The number of aryl methyl sites for hydroxylation is 1. The van der Waals surface area contributed by atoms with E-state index in [9.17, 15) is 14.4 Å². The van der Waals surface area contributed by atoms with Crippen LogP contribution in [0, 0.1) is 6.92 Å². The maximum absolute atomic E-state index is 11.7. The molecule has 0 spiro atoms. The number of nitrogens with one attached hydrogen (secondary N) is 2. The second kappa shape index (κ2) is 8.77. The molecular weight excluding hydrogens is 300 g/mol. The Morgan fingerprint density at radius 1 is 1.13 bits per heavy atom. The Balaban J connectivity index is 2.46. The van der Waals surface area contributed by atoms with Gasteiger partial charge in [0.2, 0.25) is 5.91 Å². The van der Waals surface area contributed by atoms with Gasteiger partial charge in [-0.1, -0.05) is 26.0 Å². The molecule has 0 bridgehead atoms. The van der Waals surface area contributed by atoms with E-state index < -0.39 is 17.8 Å². The summed E-state index contributed by atoms with van der Waals surface area (Å²) in [7, 11) is 0. The molecule has 2 amide bonds. The monoisotopic (exact) mass is 322 g/mol. The van der Waals surface area contributed by atoms with E-state index in [0.29, 0.717) is 5.75 Å². The molecule has 0 radical (unpaired) electrons. The van der Waals surface area contributed by atoms with Gasteiger partial charge >= 0.3 is 5.97 Å². The van der Waals surface area contributed by atoms with Crippen molar-refractivity contribution in [1.82, 2.24) is 10.9 Å². The zero-order chi connectivity index (χ0) is 17.4. The van der Waals surface area contributed by atoms with Crippen molar-refractivity contribution in [3.63, 3.8) is 0 Å². The van der Waals surface area contributed by atoms with Crippen LogP contribution in [-0.2, 0) is 14.4 Å². The Kier molecular flexibility index (Phi) is 7.05. The summed E-state index contributed by atoms with van der Waals surface area (Å²) in [5.74, 6) is -1.28. The van der Waals surface area contributed by atoms with E-state index in [1.54, 1.807) is 0 Å². The smallest absolute Gasteiger partial charge is 0.303 e. The lowest BCUT2D eigenvalue weighted by Crippen LogP contribution is -2.43. The average Bonchev–Trinajstić information content (AvgIpc) is 2.48. The molecule has 0 fully saturated rings. The standard InChI is InChI=1S/C16H22N2O5/c1-10(2)12-5-4-11(3)8-13(12)23-9-15(20)18-17-14(19)6-7-16(21)22/h4-5,8,10H,6-7,9H2,1-3H3,(H,17,19)(H,18,20)(H,21,22). The number of rotatable bonds is 7. The van der Waals surface area contributed by atoms with Crippen LogP contribution in [-0.4, -0.2) is 29.5 Å². The number of amides is 2. The Hall–Kier alpha value is -2.57. The number of hydrogen-bond donors (Lipinski definition) is 3. The second-order valence-electron chi connectivity index (χ2n) is 5.47. The minimum atomic E-state index is -1.07. The van der Waals surface area contributed by atoms with Crippen LogP contribution in [0.4, 0.5) is 0 Å². The molecule has 0 unspecified atom stereocenters. The highest BCUT2D eigenvalue weighted by atomic mass is 16.5. The first kappa shape index (κ1) is 18.5. The van der Waals surface area contributed by atoms with Gasteiger partial charge in [0, 0.05) is 6.42 Å². The molecule has 1 rings (SSSR count). The van der Waals surface area contributed by atoms with E-state index in [4.69, 9.17) is 9.84 Å². The molecule has 0 atom stereocenters. The molecule has 3 N–H and O–H groups in total. The van der Waals surface area contributed by atoms with Crippen molar-refractivity contribution in [3.05, 3.63) is 29.3 Å². The number of hydrogen-bond acceptors (Lipinski definition) is 4. The Morgan fingerprint density at radius 3 is 2.39 bits per heavy atom. The largest absolute Gasteiger partial charge is 0.483 e. The van der Waals surface area contributed by atoms with Crippen LogP contribution < -0.4 is 15.6 Å². The quantitative estimate of drug-likeness (QED) is 0.660. The molecular formula is C16H22N2O5. The van der Waals surface area contributed by atoms with Crippen LogP contribution in [0.2, 0.25) is 0 Å². The van der Waals surface area contributed by atoms with Crippen molar-refractivity contribution < 1.29 is 24.2 Å². The van der Waals surface area contributed by atoms with Crippen molar-refractivity contribution >= 4 is 17.8 Å². The van der Waals surface area contributed by atoms with Crippen LogP contribution in [0.15, 0.2) is 18.2 Å². The number of hydrazine groups is 1. The fourth-order valence-corrected chi connectivity index (χ4v) is 1.85. The van der Waals surface area contributed by atoms with E-state index in [1.165, 1.54) is 0 Å². The molecule has 126 valence electrons. The second-order valence-corrected chi connectivity index (χ2v) is 5.47. The van der Waals surface area contributed by atoms with Gasteiger partial charge < -0.3 is 9.84 Å². The summed E-state index contributed by atoms with van der Waals surface area (Å²) in [5.41, 5.74) is 6.34. The van der Waals surface area contributed by atoms with Gasteiger partial charge in [-0.05, 0) is 30.0 Å². The van der Waals surface area contributed by atoms with Crippen LogP contribution >= 0.6 is 0 Å². The summed E-state index contributed by atoms with van der Waals surface area (Å²) in [6, 6.07) is 5.79. The van der Waals surface area contributed by atoms with E-state index in [1.807, 2.05) is 39.0 Å². The molecule has 1 aromatic rings. The van der Waals surface area contributed by atoms with Gasteiger partial charge in [-0.2, -0.15) is 0 Å². The molecule has 0 aromatic heterocycles. The van der Waals surface area contributed by atoms with Crippen LogP contribution in [0.25, 0.3) is 0 Å². The van der Waals surface area contributed by atoms with E-state index in [0.717, 1.165) is 11.1 Å². The number of ether oxygens (including phenoxy) is 1. The van der Waals surface area contributed by atoms with Gasteiger partial charge in [0.15, 0.2) is 6.61 Å². The van der Waals surface area contributed by atoms with Crippen LogP contribution in [0.5, 0.6) is 5.75 Å². The zero-order valence-electron chi connectivity index (χ0n) is 13.5. The Morgan fingerprint density at radius 2 is 1.78 bits per heavy atom. The van der Waals surface area contributed by atoms with Crippen molar-refractivity contribution in [2.24, 2.45) is 0 Å². The third-order valence-electron chi connectivity index (χ3n) is 3.06. The minimum absolute atomic E-state index is 0.203. The summed E-state index contributed by atoms with van der Waals surface area (Å²) in [6.45, 7) is 5.74. The number of carbonyl (C=O) groups excluding carboxylic acids is 2. The number of benzene rings is 1. The average molecular weight is 322 g/mol. The van der Waals surface area contributed by atoms with Gasteiger partial charge in [-0.15, -0.1) is 0 Å². The van der Waals surface area contributed by atoms with Crippen molar-refractivity contribution in [1.29, 1.82) is 0 Å². The lowest BCUT2D eigenvalue weighted by molar-refractivity contribution is -0.139. The lowest BCUT2D eigenvalue weighted by atomic mass is 10.0. The summed E-state index contributed by atoms with van der Waals surface area (Å²) in [6.07, 6.45) is -0.495. The van der Waals surface area contributed by atoms with Crippen molar-refractivity contribution in [2.75, 3.05) is 6.61 Å². The Labute approximate surface area is 135 Å². The zero-order valence-corrected chi connectivity index (χ0v) is 13.5. The third kappa shape index (κ3) is 6.82. The first-order valence-corrected chi connectivity index (χ1v) is 7.32. The molecule has 7 nitrogen and oxygen atoms in total. The van der Waals surface area contributed by atoms with E-state index >= 15 is 0 Å². The van der Waals surface area contributed by atoms with Gasteiger partial charge in [0.05, 0.1) is 6.42 Å². The third-order valence-corrected chi connectivity index (χ3v) is 3.06.